The van der Waals surface area contributed by atoms with Gasteiger partial charge >= 0.3 is 0 Å². The molecule has 2 aromatic carbocycles. The van der Waals surface area contributed by atoms with Crippen LogP contribution >= 0.6 is 32.9 Å². The molecule has 0 spiro atoms. The first-order chi connectivity index (χ1) is 18.4. The Morgan fingerprint density at radius 2 is 1.64 bits per heavy atom. The molecule has 0 amide bonds. The second-order valence-corrected chi connectivity index (χ2v) is 12.8. The number of aliphatic hydroxyl groups is 3. The number of hydrogen-bond donors (Lipinski definition) is 4. The summed E-state index contributed by atoms with van der Waals surface area (Å²) in [6, 6.07) is 19.3. The SMILES string of the molecule is Oc1ccc(-c2cc(=S)ss2)cc1.[CH2-]CC/C=C/C[C@@H]1[C@@H](CC[C@@H](O)CCc2ccccc2)[C@H](O)C[C@@H]1O.[Co]. The maximum Gasteiger partial charge on any atom is 0.115 e. The van der Waals surface area contributed by atoms with Crippen molar-refractivity contribution in [3.8, 4) is 16.2 Å². The Morgan fingerprint density at radius 3 is 2.28 bits per heavy atom. The Morgan fingerprint density at radius 1 is 0.949 bits per heavy atom. The maximum absolute atomic E-state index is 10.3. The maximum atomic E-state index is 10.3. The molecule has 4 N–H and O–H groups in total. The molecule has 1 aliphatic rings. The van der Waals surface area contributed by atoms with Crippen molar-refractivity contribution in [2.24, 2.45) is 11.8 Å². The van der Waals surface area contributed by atoms with E-state index in [1.807, 2.05) is 36.4 Å². The van der Waals surface area contributed by atoms with Crippen LogP contribution in [-0.2, 0) is 23.2 Å². The Hall–Kier alpha value is -1.36. The van der Waals surface area contributed by atoms with Crippen LogP contribution in [0.4, 0.5) is 0 Å². The summed E-state index contributed by atoms with van der Waals surface area (Å²) in [5.41, 5.74) is 2.35. The average molecular weight is 631 g/mol. The smallest absolute Gasteiger partial charge is 0.115 e. The minimum Gasteiger partial charge on any atom is -0.508 e. The first-order valence-electron chi connectivity index (χ1n) is 13.3. The summed E-state index contributed by atoms with van der Waals surface area (Å²) in [5, 5.41) is 39.9. The molecule has 0 aliphatic heterocycles. The molecule has 8 heteroatoms. The van der Waals surface area contributed by atoms with Gasteiger partial charge in [-0.25, -0.2) is 0 Å². The molecule has 1 fully saturated rings. The molecular weight excluding hydrogens is 591 g/mol. The first-order valence-corrected chi connectivity index (χ1v) is 15.8. The standard InChI is InChI=1S/C22H33O3.C9H6OS3.Co/c1-2-3-4-8-11-19-20(22(25)16-21(19)24)15-14-18(23)13-12-17-9-6-5-7-10-17;10-7-3-1-6(2-4-7)8-5-9(11)13-12-8;/h4-10,18-25H,1-3,11-16H2;1-5,10H;/q-1;;/b8-4+;;/t18-,19+,20+,21-,22+;;/m0../s1. The van der Waals surface area contributed by atoms with Crippen molar-refractivity contribution in [1.82, 2.24) is 0 Å². The molecule has 1 heterocycles. The molecule has 215 valence electrons. The van der Waals surface area contributed by atoms with E-state index in [0.717, 1.165) is 52.8 Å². The van der Waals surface area contributed by atoms with Crippen LogP contribution in [0, 0.1) is 22.6 Å². The molecular formula is C31H39CoO4S3-. The second kappa shape index (κ2) is 18.1. The van der Waals surface area contributed by atoms with Crippen LogP contribution in [0.2, 0.25) is 0 Å². The normalized spacial score (nSPS) is 21.2. The van der Waals surface area contributed by atoms with Crippen LogP contribution in [0.1, 0.15) is 50.5 Å². The van der Waals surface area contributed by atoms with Crippen molar-refractivity contribution < 1.29 is 37.2 Å². The van der Waals surface area contributed by atoms with Gasteiger partial charge in [-0.15, -0.1) is 0 Å². The van der Waals surface area contributed by atoms with Crippen molar-refractivity contribution in [3.05, 3.63) is 89.1 Å². The van der Waals surface area contributed by atoms with Crippen LogP contribution < -0.4 is 0 Å². The summed E-state index contributed by atoms with van der Waals surface area (Å²) in [4.78, 5) is 1.16. The second-order valence-electron chi connectivity index (χ2n) is 9.84. The van der Waals surface area contributed by atoms with Gasteiger partial charge in [0.15, 0.2) is 0 Å². The number of hydrogen-bond acceptors (Lipinski definition) is 7. The fourth-order valence-corrected chi connectivity index (χ4v) is 7.30. The number of allylic oxidation sites excluding steroid dienone is 2. The fourth-order valence-electron chi connectivity index (χ4n) is 4.90. The summed E-state index contributed by atoms with van der Waals surface area (Å²) in [7, 11) is 3.26. The molecule has 1 aromatic heterocycles. The molecule has 5 atom stereocenters. The number of aryl methyl sites for hydroxylation is 1. The number of aliphatic hydroxyl groups excluding tert-OH is 3. The van der Waals surface area contributed by atoms with Gasteiger partial charge in [-0.05, 0) is 91.8 Å². The van der Waals surface area contributed by atoms with E-state index in [1.165, 1.54) is 5.56 Å². The van der Waals surface area contributed by atoms with Gasteiger partial charge in [0.05, 0.1) is 18.3 Å². The van der Waals surface area contributed by atoms with E-state index >= 15 is 0 Å². The van der Waals surface area contributed by atoms with Gasteiger partial charge in [-0.2, -0.15) is 6.42 Å². The molecule has 0 unspecified atom stereocenters. The summed E-state index contributed by atoms with van der Waals surface area (Å²) in [6.07, 6.45) is 9.10. The number of phenolic OH excluding ortho intramolecular Hbond substituents is 1. The predicted molar refractivity (Wildman–Crippen MR) is 162 cm³/mol. The minimum absolute atomic E-state index is 0. The van der Waals surface area contributed by atoms with Gasteiger partial charge in [-0.3, -0.25) is 0 Å². The monoisotopic (exact) mass is 630 g/mol. The molecule has 4 rings (SSSR count). The van der Waals surface area contributed by atoms with E-state index in [-0.39, 0.29) is 34.7 Å². The molecule has 1 saturated carbocycles. The third kappa shape index (κ3) is 11.6. The van der Waals surface area contributed by atoms with Crippen LogP contribution in [0.25, 0.3) is 10.4 Å². The number of rotatable bonds is 11. The third-order valence-corrected chi connectivity index (χ3v) is 9.93. The Kier molecular flexibility index (Phi) is 15.7. The van der Waals surface area contributed by atoms with Gasteiger partial charge in [0, 0.05) is 21.7 Å². The fraction of sp³-hybridized carbons (Fsp3) is 0.419. The van der Waals surface area contributed by atoms with Gasteiger partial charge in [0.25, 0.3) is 0 Å². The average Bonchev–Trinajstić information content (AvgIpc) is 3.47. The molecule has 1 radical (unpaired) electrons. The van der Waals surface area contributed by atoms with Gasteiger partial charge < -0.3 is 27.3 Å². The van der Waals surface area contributed by atoms with E-state index in [4.69, 9.17) is 17.3 Å². The van der Waals surface area contributed by atoms with Crippen molar-refractivity contribution in [2.75, 3.05) is 0 Å². The van der Waals surface area contributed by atoms with Crippen molar-refractivity contribution in [2.45, 2.75) is 69.7 Å². The van der Waals surface area contributed by atoms with Gasteiger partial charge in [-0.1, -0.05) is 81.8 Å². The molecule has 0 saturated heterocycles. The molecule has 1 aliphatic carbocycles. The Bertz CT molecular complexity index is 1150. The predicted octanol–water partition coefficient (Wildman–Crippen LogP) is 7.59. The summed E-state index contributed by atoms with van der Waals surface area (Å²) in [5.74, 6) is 0.464. The Labute approximate surface area is 255 Å². The topological polar surface area (TPSA) is 80.9 Å². The van der Waals surface area contributed by atoms with Crippen molar-refractivity contribution in [1.29, 1.82) is 0 Å². The number of benzene rings is 2. The quantitative estimate of drug-likeness (QED) is 0.0760. The van der Waals surface area contributed by atoms with Crippen molar-refractivity contribution in [3.63, 3.8) is 0 Å². The van der Waals surface area contributed by atoms with E-state index in [2.05, 4.69) is 31.2 Å². The van der Waals surface area contributed by atoms with E-state index in [0.29, 0.717) is 18.6 Å². The molecule has 3 aromatic rings. The molecule has 0 bridgehead atoms. The van der Waals surface area contributed by atoms with Crippen LogP contribution in [-0.4, -0.2) is 38.7 Å². The zero-order valence-electron chi connectivity index (χ0n) is 22.0. The molecule has 4 nitrogen and oxygen atoms in total. The van der Waals surface area contributed by atoms with E-state index in [1.54, 1.807) is 32.8 Å². The van der Waals surface area contributed by atoms with Gasteiger partial charge in [0.2, 0.25) is 0 Å². The molecule has 39 heavy (non-hydrogen) atoms. The first kappa shape index (κ1) is 33.8. The van der Waals surface area contributed by atoms with E-state index in [9.17, 15) is 15.3 Å². The number of aromatic hydroxyl groups is 1. The zero-order valence-corrected chi connectivity index (χ0v) is 25.5. The van der Waals surface area contributed by atoms with Crippen LogP contribution in [0.5, 0.6) is 5.75 Å². The summed E-state index contributed by atoms with van der Waals surface area (Å²) in [6.45, 7) is 3.82. The zero-order chi connectivity index (χ0) is 27.3. The Balaban J connectivity index is 0.000000319. The number of unbranched alkanes of at least 4 members (excludes halogenated alkanes) is 1. The minimum atomic E-state index is -0.456. The van der Waals surface area contributed by atoms with Gasteiger partial charge in [0.1, 0.15) is 9.57 Å². The summed E-state index contributed by atoms with van der Waals surface area (Å²) < 4.78 is 0.910. The summed E-state index contributed by atoms with van der Waals surface area (Å²) >= 11 is 5.04. The largest absolute Gasteiger partial charge is 0.508 e. The van der Waals surface area contributed by atoms with Crippen LogP contribution in [0.3, 0.4) is 0 Å². The van der Waals surface area contributed by atoms with Crippen LogP contribution in [0.15, 0.2) is 72.8 Å². The van der Waals surface area contributed by atoms with E-state index < -0.39 is 12.2 Å². The number of phenols is 1. The van der Waals surface area contributed by atoms with Crippen molar-refractivity contribution >= 4 is 32.9 Å². The third-order valence-electron chi connectivity index (χ3n) is 7.02.